The molecule has 0 aliphatic carbocycles. The number of alkyl halides is 3. The van der Waals surface area contributed by atoms with Gasteiger partial charge in [0.1, 0.15) is 18.1 Å². The van der Waals surface area contributed by atoms with Crippen molar-refractivity contribution in [2.75, 3.05) is 6.61 Å². The van der Waals surface area contributed by atoms with E-state index in [2.05, 4.69) is 9.97 Å². The Morgan fingerprint density at radius 3 is 2.38 bits per heavy atom. The zero-order chi connectivity index (χ0) is 28.4. The molecule has 2 heterocycles. The van der Waals surface area contributed by atoms with Crippen LogP contribution in [0.25, 0.3) is 33.9 Å². The maximum Gasteiger partial charge on any atom is 0.417 e. The van der Waals surface area contributed by atoms with E-state index in [0.29, 0.717) is 23.5 Å². The third-order valence-corrected chi connectivity index (χ3v) is 6.29. The van der Waals surface area contributed by atoms with Crippen LogP contribution >= 0.6 is 0 Å². The highest BCUT2D eigenvalue weighted by atomic mass is 19.4. The van der Waals surface area contributed by atoms with Crippen LogP contribution < -0.4 is 4.74 Å². The van der Waals surface area contributed by atoms with Gasteiger partial charge in [-0.15, -0.1) is 0 Å². The Labute approximate surface area is 227 Å². The summed E-state index contributed by atoms with van der Waals surface area (Å²) in [5, 5.41) is 0. The molecule has 5 rings (SSSR count). The zero-order valence-electron chi connectivity index (χ0n) is 21.6. The van der Waals surface area contributed by atoms with Crippen molar-refractivity contribution in [3.8, 4) is 39.7 Å². The van der Waals surface area contributed by atoms with Gasteiger partial charge in [-0.05, 0) is 66.9 Å². The van der Waals surface area contributed by atoms with Gasteiger partial charge >= 0.3 is 6.18 Å². The standard InChI is InChI=1S/C31H24F5N3O/c1-19(2)13-15-40-22-10-11-23(25(16-22)31(34,35)36)21-8-6-20(7-9-21)17-39-14-12-27-28(18-39)38-30(37-27)24-4-3-5-26(32)29(24)33/h3-14,16,18H,15,17H2,1-2H3. The molecule has 0 aromatic heterocycles. The molecule has 2 aliphatic rings. The monoisotopic (exact) mass is 549 g/mol. The largest absolute Gasteiger partial charge is 0.490 e. The van der Waals surface area contributed by atoms with Gasteiger partial charge in [0.15, 0.2) is 17.5 Å². The van der Waals surface area contributed by atoms with E-state index in [1.54, 1.807) is 48.8 Å². The number of ether oxygens (including phenoxy) is 1. The van der Waals surface area contributed by atoms with Crippen molar-refractivity contribution in [3.05, 3.63) is 114 Å². The number of fused-ring (bicyclic) bond motifs is 1. The molecule has 0 N–H and O–H groups in total. The number of halogens is 5. The maximum absolute atomic E-state index is 14.2. The molecule has 0 bridgehead atoms. The van der Waals surface area contributed by atoms with Gasteiger partial charge in [0, 0.05) is 18.9 Å². The van der Waals surface area contributed by atoms with Crippen LogP contribution in [-0.2, 0) is 12.7 Å². The average Bonchev–Trinajstić information content (AvgIpc) is 3.33. The normalized spacial score (nSPS) is 11.6. The van der Waals surface area contributed by atoms with Crippen LogP contribution in [0.4, 0.5) is 22.0 Å². The second-order valence-corrected chi connectivity index (χ2v) is 9.53. The zero-order valence-corrected chi connectivity index (χ0v) is 21.6. The Kier molecular flexibility index (Phi) is 7.38. The first-order valence-electron chi connectivity index (χ1n) is 12.4. The van der Waals surface area contributed by atoms with E-state index < -0.39 is 23.4 Å². The van der Waals surface area contributed by atoms with Crippen molar-refractivity contribution in [2.45, 2.75) is 26.6 Å². The molecule has 0 saturated heterocycles. The lowest BCUT2D eigenvalue weighted by Gasteiger charge is -2.16. The predicted molar refractivity (Wildman–Crippen MR) is 143 cm³/mol. The molecule has 0 unspecified atom stereocenters. The van der Waals surface area contributed by atoms with Gasteiger partial charge in [-0.3, -0.25) is 0 Å². The van der Waals surface area contributed by atoms with Crippen LogP contribution in [0.15, 0.2) is 90.8 Å². The van der Waals surface area contributed by atoms with Gasteiger partial charge in [-0.25, -0.2) is 18.7 Å². The maximum atomic E-state index is 14.2. The molecule has 0 saturated carbocycles. The smallest absolute Gasteiger partial charge is 0.417 e. The minimum atomic E-state index is -4.55. The van der Waals surface area contributed by atoms with Gasteiger partial charge in [-0.2, -0.15) is 13.2 Å². The van der Waals surface area contributed by atoms with Gasteiger partial charge in [0.2, 0.25) is 0 Å². The number of rotatable bonds is 7. The van der Waals surface area contributed by atoms with Crippen molar-refractivity contribution in [1.82, 2.24) is 14.5 Å². The molecule has 0 amide bonds. The first-order chi connectivity index (χ1) is 19.1. The predicted octanol–water partition coefficient (Wildman–Crippen LogP) is 8.41. The number of benzene rings is 3. The molecule has 9 heteroatoms. The number of allylic oxidation sites excluding steroid dienone is 1. The summed E-state index contributed by atoms with van der Waals surface area (Å²) in [5.41, 5.74) is 2.58. The second-order valence-electron chi connectivity index (χ2n) is 9.53. The molecule has 0 atom stereocenters. The van der Waals surface area contributed by atoms with E-state index in [0.717, 1.165) is 23.3 Å². The minimum absolute atomic E-state index is 0.0240. The fourth-order valence-electron chi connectivity index (χ4n) is 4.25. The van der Waals surface area contributed by atoms with Crippen LogP contribution in [0.5, 0.6) is 5.75 Å². The molecule has 4 nitrogen and oxygen atoms in total. The second kappa shape index (κ2) is 10.9. The molecule has 2 aliphatic heterocycles. The number of imidazole rings is 1. The van der Waals surface area contributed by atoms with Gasteiger partial charge in [0.25, 0.3) is 0 Å². The Bertz CT molecular complexity index is 1650. The summed E-state index contributed by atoms with van der Waals surface area (Å²) in [7, 11) is 0. The Morgan fingerprint density at radius 1 is 0.900 bits per heavy atom. The highest BCUT2D eigenvalue weighted by Gasteiger charge is 2.34. The highest BCUT2D eigenvalue weighted by Crippen LogP contribution is 2.39. The Hall–Kier alpha value is -4.53. The van der Waals surface area contributed by atoms with Crippen LogP contribution in [-0.4, -0.2) is 21.1 Å². The lowest BCUT2D eigenvalue weighted by Crippen LogP contribution is -2.08. The summed E-state index contributed by atoms with van der Waals surface area (Å²) in [6.07, 6.45) is 0.741. The Balaban J connectivity index is 1.36. The third kappa shape index (κ3) is 5.88. The molecule has 0 radical (unpaired) electrons. The average molecular weight is 550 g/mol. The topological polar surface area (TPSA) is 39.9 Å². The van der Waals surface area contributed by atoms with Crippen LogP contribution in [0.2, 0.25) is 0 Å². The first kappa shape index (κ1) is 27.1. The first-order valence-corrected chi connectivity index (χ1v) is 12.4. The number of hydrogen-bond donors (Lipinski definition) is 0. The van der Waals surface area contributed by atoms with Crippen LogP contribution in [0.1, 0.15) is 25.0 Å². The quantitative estimate of drug-likeness (QED) is 0.151. The lowest BCUT2D eigenvalue weighted by atomic mass is 9.98. The van der Waals surface area contributed by atoms with Gasteiger partial charge < -0.3 is 9.30 Å². The molecular formula is C31H24F5N3O. The number of nitrogens with zero attached hydrogens (tertiary/aromatic N) is 3. The van der Waals surface area contributed by atoms with E-state index in [-0.39, 0.29) is 29.3 Å². The van der Waals surface area contributed by atoms with Crippen LogP contribution in [0, 0.1) is 11.6 Å². The molecule has 0 fully saturated rings. The minimum Gasteiger partial charge on any atom is -0.490 e. The molecule has 0 spiro atoms. The number of aromatic nitrogens is 3. The summed E-state index contributed by atoms with van der Waals surface area (Å²) < 4.78 is 76.8. The number of pyridine rings is 1. The highest BCUT2D eigenvalue weighted by molar-refractivity contribution is 5.70. The van der Waals surface area contributed by atoms with Crippen molar-refractivity contribution < 1.29 is 26.7 Å². The number of hydrogen-bond acceptors (Lipinski definition) is 3. The van der Waals surface area contributed by atoms with Gasteiger partial charge in [0.05, 0.1) is 16.8 Å². The summed E-state index contributed by atoms with van der Waals surface area (Å²) in [6, 6.07) is 16.4. The fraction of sp³-hybridized carbons (Fsp3) is 0.161. The van der Waals surface area contributed by atoms with Gasteiger partial charge in [-0.1, -0.05) is 42.0 Å². The van der Waals surface area contributed by atoms with Crippen molar-refractivity contribution >= 4 is 0 Å². The van der Waals surface area contributed by atoms with E-state index in [1.807, 2.05) is 18.4 Å². The molecular weight excluding hydrogens is 525 g/mol. The summed E-state index contributed by atoms with van der Waals surface area (Å²) in [6.45, 7) is 4.38. The van der Waals surface area contributed by atoms with E-state index >= 15 is 0 Å². The summed E-state index contributed by atoms with van der Waals surface area (Å²) in [5.74, 6) is -1.75. The van der Waals surface area contributed by atoms with Crippen molar-refractivity contribution in [1.29, 1.82) is 0 Å². The molecule has 204 valence electrons. The molecule has 3 aromatic rings. The SMILES string of the molecule is CC(C)=CCOc1ccc(-c2ccc(Cn3ccc4nc(-c5cccc(F)c5F)nc-4c3)cc2)c(C(F)(F)F)c1. The van der Waals surface area contributed by atoms with Crippen LogP contribution in [0.3, 0.4) is 0 Å². The summed E-state index contributed by atoms with van der Waals surface area (Å²) in [4.78, 5) is 8.65. The van der Waals surface area contributed by atoms with E-state index in [9.17, 15) is 22.0 Å². The van der Waals surface area contributed by atoms with E-state index in [1.165, 1.54) is 24.3 Å². The molecule has 3 aromatic carbocycles. The lowest BCUT2D eigenvalue weighted by molar-refractivity contribution is -0.137. The van der Waals surface area contributed by atoms with Crippen molar-refractivity contribution in [2.24, 2.45) is 0 Å². The van der Waals surface area contributed by atoms with Crippen molar-refractivity contribution in [3.63, 3.8) is 0 Å². The third-order valence-electron chi connectivity index (χ3n) is 6.29. The Morgan fingerprint density at radius 2 is 1.65 bits per heavy atom. The summed E-state index contributed by atoms with van der Waals surface area (Å²) >= 11 is 0. The fourth-order valence-corrected chi connectivity index (χ4v) is 4.25. The molecule has 40 heavy (non-hydrogen) atoms. The van der Waals surface area contributed by atoms with E-state index in [4.69, 9.17) is 4.74 Å².